The summed E-state index contributed by atoms with van der Waals surface area (Å²) in [6, 6.07) is 5.21. The van der Waals surface area contributed by atoms with E-state index >= 15 is 0 Å². The highest BCUT2D eigenvalue weighted by atomic mass is 32.2. The number of furan rings is 1. The third-order valence-electron chi connectivity index (χ3n) is 4.00. The minimum atomic E-state index is -0.824. The van der Waals surface area contributed by atoms with Gasteiger partial charge in [-0.3, -0.25) is 4.79 Å². The molecule has 0 aliphatic rings. The molecule has 0 spiro atoms. The number of aromatic nitrogens is 3. The Morgan fingerprint density at radius 3 is 2.59 bits per heavy atom. The molecule has 142 valence electrons. The molecule has 0 aliphatic heterocycles. The van der Waals surface area contributed by atoms with E-state index in [0.29, 0.717) is 17.5 Å². The van der Waals surface area contributed by atoms with Crippen LogP contribution >= 0.6 is 11.8 Å². The lowest BCUT2D eigenvalue weighted by Gasteiger charge is -2.13. The molecule has 1 aromatic carbocycles. The van der Waals surface area contributed by atoms with Gasteiger partial charge in [0, 0.05) is 6.54 Å². The fraction of sp³-hybridized carbons (Fsp3) is 0.278. The van der Waals surface area contributed by atoms with Crippen molar-refractivity contribution < 1.29 is 18.0 Å². The molecule has 0 unspecified atom stereocenters. The molecule has 2 aromatic heterocycles. The van der Waals surface area contributed by atoms with Gasteiger partial charge < -0.3 is 14.3 Å². The van der Waals surface area contributed by atoms with Gasteiger partial charge in [-0.2, -0.15) is 0 Å². The lowest BCUT2D eigenvalue weighted by atomic mass is 10.2. The first-order valence-electron chi connectivity index (χ1n) is 8.31. The summed E-state index contributed by atoms with van der Waals surface area (Å²) < 4.78 is 34.6. The maximum Gasteiger partial charge on any atom is 0.237 e. The van der Waals surface area contributed by atoms with Crippen molar-refractivity contribution in [2.45, 2.75) is 37.7 Å². The Morgan fingerprint density at radius 2 is 2.00 bits per heavy atom. The topological polar surface area (TPSA) is 73.0 Å². The molecule has 1 amide bonds. The highest BCUT2D eigenvalue weighted by Crippen LogP contribution is 2.29. The zero-order valence-corrected chi connectivity index (χ0v) is 15.8. The number of nitrogens with zero attached hydrogens (tertiary/aromatic N) is 3. The molecule has 0 fully saturated rings. The zero-order valence-electron chi connectivity index (χ0n) is 15.0. The molecule has 3 aromatic rings. The van der Waals surface area contributed by atoms with Gasteiger partial charge in [0.05, 0.1) is 17.1 Å². The molecular formula is C18H18F2N4O2S. The first kappa shape index (κ1) is 19.1. The summed E-state index contributed by atoms with van der Waals surface area (Å²) in [6.07, 6.45) is 1.57. The van der Waals surface area contributed by atoms with Gasteiger partial charge in [-0.05, 0) is 39.0 Å². The van der Waals surface area contributed by atoms with Crippen LogP contribution in [0.1, 0.15) is 19.6 Å². The molecular weight excluding hydrogens is 374 g/mol. The van der Waals surface area contributed by atoms with Gasteiger partial charge in [0.15, 0.2) is 11.0 Å². The van der Waals surface area contributed by atoms with Crippen LogP contribution in [-0.4, -0.2) is 25.9 Å². The van der Waals surface area contributed by atoms with Crippen molar-refractivity contribution in [2.75, 3.05) is 5.32 Å². The van der Waals surface area contributed by atoms with Gasteiger partial charge in [-0.1, -0.05) is 17.8 Å². The van der Waals surface area contributed by atoms with E-state index in [0.717, 1.165) is 35.2 Å². The van der Waals surface area contributed by atoms with E-state index in [4.69, 9.17) is 4.42 Å². The van der Waals surface area contributed by atoms with Crippen molar-refractivity contribution in [3.63, 3.8) is 0 Å². The lowest BCUT2D eigenvalue weighted by Crippen LogP contribution is -2.24. The molecule has 1 atom stereocenters. The summed E-state index contributed by atoms with van der Waals surface area (Å²) >= 11 is 1.16. The molecule has 6 nitrogen and oxygen atoms in total. The van der Waals surface area contributed by atoms with Gasteiger partial charge in [-0.25, -0.2) is 8.78 Å². The van der Waals surface area contributed by atoms with Crippen molar-refractivity contribution in [2.24, 2.45) is 0 Å². The highest BCUT2D eigenvalue weighted by molar-refractivity contribution is 8.00. The molecule has 27 heavy (non-hydrogen) atoms. The minimum absolute atomic E-state index is 0.457. The summed E-state index contributed by atoms with van der Waals surface area (Å²) in [5, 5.41) is 10.5. The van der Waals surface area contributed by atoms with E-state index in [1.807, 2.05) is 18.4 Å². The number of amides is 1. The van der Waals surface area contributed by atoms with Crippen LogP contribution in [-0.2, 0) is 11.3 Å². The van der Waals surface area contributed by atoms with Crippen LogP contribution in [0.5, 0.6) is 0 Å². The van der Waals surface area contributed by atoms with Crippen LogP contribution in [0.15, 0.2) is 40.1 Å². The summed E-state index contributed by atoms with van der Waals surface area (Å²) in [5.41, 5.74) is 0.364. The van der Waals surface area contributed by atoms with Crippen molar-refractivity contribution >= 4 is 23.4 Å². The van der Waals surface area contributed by atoms with Crippen LogP contribution in [0.2, 0.25) is 0 Å². The van der Waals surface area contributed by atoms with Crippen LogP contribution in [0.4, 0.5) is 14.5 Å². The van der Waals surface area contributed by atoms with E-state index in [1.165, 1.54) is 6.07 Å². The second kappa shape index (κ2) is 7.91. The summed E-state index contributed by atoms with van der Waals surface area (Å²) in [7, 11) is 0. The van der Waals surface area contributed by atoms with Crippen molar-refractivity contribution in [3.05, 3.63) is 47.9 Å². The largest absolute Gasteiger partial charge is 0.469 e. The maximum absolute atomic E-state index is 13.7. The molecule has 3 rings (SSSR count). The predicted octanol–water partition coefficient (Wildman–Crippen LogP) is 4.26. The number of anilines is 1. The molecule has 0 saturated heterocycles. The number of benzene rings is 1. The van der Waals surface area contributed by atoms with E-state index in [-0.39, 0.29) is 0 Å². The monoisotopic (exact) mass is 392 g/mol. The predicted molar refractivity (Wildman–Crippen MR) is 98.4 cm³/mol. The fourth-order valence-corrected chi connectivity index (χ4v) is 3.44. The lowest BCUT2D eigenvalue weighted by molar-refractivity contribution is -0.115. The van der Waals surface area contributed by atoms with E-state index in [1.54, 1.807) is 19.3 Å². The summed E-state index contributed by atoms with van der Waals surface area (Å²) in [6.45, 7) is 5.99. The number of halogens is 2. The highest BCUT2D eigenvalue weighted by Gasteiger charge is 2.23. The van der Waals surface area contributed by atoms with Gasteiger partial charge in [0.25, 0.3) is 0 Å². The smallest absolute Gasteiger partial charge is 0.237 e. The minimum Gasteiger partial charge on any atom is -0.469 e. The molecule has 0 saturated carbocycles. The van der Waals surface area contributed by atoms with Crippen molar-refractivity contribution in [1.82, 2.24) is 14.8 Å². The van der Waals surface area contributed by atoms with Gasteiger partial charge >= 0.3 is 0 Å². The number of rotatable bonds is 6. The first-order valence-corrected chi connectivity index (χ1v) is 9.19. The molecule has 2 heterocycles. The zero-order chi connectivity index (χ0) is 19.6. The van der Waals surface area contributed by atoms with Crippen LogP contribution < -0.4 is 5.32 Å². The van der Waals surface area contributed by atoms with Gasteiger partial charge in [0.2, 0.25) is 5.91 Å². The molecule has 0 aliphatic carbocycles. The Kier molecular flexibility index (Phi) is 5.59. The van der Waals surface area contributed by atoms with Gasteiger partial charge in [0.1, 0.15) is 23.1 Å². The number of hydrogen-bond donors (Lipinski definition) is 1. The Bertz CT molecular complexity index is 950. The number of carbonyl (C=O) groups is 1. The maximum atomic E-state index is 13.7. The van der Waals surface area contributed by atoms with E-state index in [9.17, 15) is 13.6 Å². The average molecular weight is 392 g/mol. The Morgan fingerprint density at radius 1 is 1.30 bits per heavy atom. The van der Waals surface area contributed by atoms with Crippen molar-refractivity contribution in [3.8, 4) is 11.4 Å². The third kappa shape index (κ3) is 3.87. The summed E-state index contributed by atoms with van der Waals surface area (Å²) in [5.74, 6) is -0.825. The molecule has 1 N–H and O–H groups in total. The van der Waals surface area contributed by atoms with Crippen LogP contribution in [0.3, 0.4) is 0 Å². The summed E-state index contributed by atoms with van der Waals surface area (Å²) in [4.78, 5) is 12.4. The number of aryl methyl sites for hydroxylation is 1. The average Bonchev–Trinajstić information content (AvgIpc) is 3.23. The van der Waals surface area contributed by atoms with Crippen LogP contribution in [0, 0.1) is 18.6 Å². The van der Waals surface area contributed by atoms with Crippen molar-refractivity contribution in [1.29, 1.82) is 0 Å². The second-order valence-electron chi connectivity index (χ2n) is 5.79. The SMILES string of the molecule is CCn1c(S[C@H](C)C(=O)Nc2c(F)cccc2F)nnc1-c1ccoc1C. The molecule has 0 bridgehead atoms. The number of thioether (sulfide) groups is 1. The molecule has 0 radical (unpaired) electrons. The quantitative estimate of drug-likeness (QED) is 0.635. The molecule has 9 heteroatoms. The number of para-hydroxylation sites is 1. The number of carbonyl (C=O) groups excluding carboxylic acids is 1. The van der Waals surface area contributed by atoms with E-state index < -0.39 is 28.5 Å². The van der Waals surface area contributed by atoms with Crippen LogP contribution in [0.25, 0.3) is 11.4 Å². The normalized spacial score (nSPS) is 12.2. The fourth-order valence-electron chi connectivity index (χ4n) is 2.53. The Labute approximate surface area is 159 Å². The Balaban J connectivity index is 1.78. The Hall–Kier alpha value is -2.68. The standard InChI is InChI=1S/C18H18F2N4O2S/c1-4-24-16(12-8-9-26-10(12)2)22-23-18(24)27-11(3)17(25)21-15-13(19)6-5-7-14(15)20/h5-9,11H,4H2,1-3H3,(H,21,25)/t11-/m1/s1. The number of nitrogens with one attached hydrogen (secondary N) is 1. The van der Waals surface area contributed by atoms with Gasteiger partial charge in [-0.15, -0.1) is 10.2 Å². The third-order valence-corrected chi connectivity index (χ3v) is 5.08. The first-order chi connectivity index (χ1) is 12.9. The van der Waals surface area contributed by atoms with E-state index in [2.05, 4.69) is 15.5 Å². The number of hydrogen-bond acceptors (Lipinski definition) is 5. The second-order valence-corrected chi connectivity index (χ2v) is 7.09.